The van der Waals surface area contributed by atoms with Gasteiger partial charge in [-0.3, -0.25) is 0 Å². The number of amides is 1. The van der Waals surface area contributed by atoms with Crippen LogP contribution in [0, 0.1) is 0 Å². The molecule has 0 spiro atoms. The van der Waals surface area contributed by atoms with Gasteiger partial charge >= 0.3 is 6.09 Å². The van der Waals surface area contributed by atoms with Gasteiger partial charge in [-0.2, -0.15) is 0 Å². The molecule has 0 aromatic carbocycles. The van der Waals surface area contributed by atoms with Gasteiger partial charge in [-0.15, -0.1) is 0 Å². The minimum absolute atomic E-state index is 0.0315. The Kier molecular flexibility index (Phi) is 7.59. The number of rotatable bonds is 7. The van der Waals surface area contributed by atoms with Crippen LogP contribution in [0.15, 0.2) is 0 Å². The molecule has 0 aliphatic carbocycles. The van der Waals surface area contributed by atoms with Gasteiger partial charge in [0.05, 0.1) is 32.0 Å². The van der Waals surface area contributed by atoms with Crippen molar-refractivity contribution in [1.82, 2.24) is 4.90 Å². The van der Waals surface area contributed by atoms with Crippen LogP contribution in [0.25, 0.3) is 0 Å². The van der Waals surface area contributed by atoms with E-state index in [0.717, 1.165) is 19.3 Å². The first kappa shape index (κ1) is 19.2. The predicted octanol–water partition coefficient (Wildman–Crippen LogP) is 2.19. The minimum atomic E-state index is -0.461. The van der Waals surface area contributed by atoms with E-state index in [1.54, 1.807) is 4.90 Å². The second-order valence-electron chi connectivity index (χ2n) is 6.69. The van der Waals surface area contributed by atoms with Gasteiger partial charge < -0.3 is 24.2 Å². The molecule has 0 bridgehead atoms. The summed E-state index contributed by atoms with van der Waals surface area (Å²) in [6.45, 7) is 10.4. The van der Waals surface area contributed by atoms with E-state index in [2.05, 4.69) is 6.92 Å². The summed E-state index contributed by atoms with van der Waals surface area (Å²) in [5.74, 6) is 0. The molecule has 0 aromatic rings. The number of ether oxygens (including phenoxy) is 3. The van der Waals surface area contributed by atoms with Crippen molar-refractivity contribution in [3.8, 4) is 0 Å². The van der Waals surface area contributed by atoms with Crippen molar-refractivity contribution in [2.24, 2.45) is 0 Å². The van der Waals surface area contributed by atoms with Crippen molar-refractivity contribution in [3.05, 3.63) is 0 Å². The van der Waals surface area contributed by atoms with E-state index in [1.807, 2.05) is 20.8 Å². The molecule has 6 heteroatoms. The van der Waals surface area contributed by atoms with E-state index in [9.17, 15) is 4.79 Å². The first-order valence-electron chi connectivity index (χ1n) is 8.12. The molecule has 1 rings (SSSR count). The number of aliphatic hydroxyl groups excluding tert-OH is 1. The van der Waals surface area contributed by atoms with E-state index < -0.39 is 5.60 Å². The van der Waals surface area contributed by atoms with Crippen molar-refractivity contribution >= 4 is 6.09 Å². The lowest BCUT2D eigenvalue weighted by molar-refractivity contribution is -0.102. The van der Waals surface area contributed by atoms with Crippen molar-refractivity contribution in [2.45, 2.75) is 58.2 Å². The van der Waals surface area contributed by atoms with Crippen LogP contribution in [0.5, 0.6) is 0 Å². The van der Waals surface area contributed by atoms with Crippen molar-refractivity contribution in [2.75, 3.05) is 39.5 Å². The summed E-state index contributed by atoms with van der Waals surface area (Å²) in [7, 11) is 0. The highest BCUT2D eigenvalue weighted by Crippen LogP contribution is 2.30. The highest BCUT2D eigenvalue weighted by molar-refractivity contribution is 5.68. The smallest absolute Gasteiger partial charge is 0.410 e. The molecular formula is C16H31NO5. The Morgan fingerprint density at radius 3 is 2.32 bits per heavy atom. The summed E-state index contributed by atoms with van der Waals surface area (Å²) in [4.78, 5) is 13.8. The predicted molar refractivity (Wildman–Crippen MR) is 83.9 cm³/mol. The normalized spacial score (nSPS) is 18.3. The van der Waals surface area contributed by atoms with Gasteiger partial charge in [0, 0.05) is 13.1 Å². The number of carbonyl (C=O) groups is 1. The topological polar surface area (TPSA) is 68.2 Å². The molecule has 1 saturated heterocycles. The number of nitrogens with zero attached hydrogens (tertiary/aromatic N) is 1. The molecule has 1 amide bonds. The van der Waals surface area contributed by atoms with E-state index in [4.69, 9.17) is 19.3 Å². The Morgan fingerprint density at radius 1 is 1.18 bits per heavy atom. The zero-order valence-electron chi connectivity index (χ0n) is 14.4. The monoisotopic (exact) mass is 317 g/mol. The first-order chi connectivity index (χ1) is 10.3. The summed E-state index contributed by atoms with van der Waals surface area (Å²) in [5.41, 5.74) is -0.641. The molecule has 0 atom stereocenters. The quantitative estimate of drug-likeness (QED) is 0.729. The fourth-order valence-corrected chi connectivity index (χ4v) is 2.51. The zero-order valence-corrected chi connectivity index (χ0v) is 14.4. The van der Waals surface area contributed by atoms with Crippen LogP contribution in [0.3, 0.4) is 0 Å². The second-order valence-corrected chi connectivity index (χ2v) is 6.69. The molecule has 130 valence electrons. The standard InChI is InChI=1S/C16H31NO5/c1-5-16(21-13-12-20-11-10-18)6-8-17(9-7-16)14(19)22-15(2,3)4/h18H,5-13H2,1-4H3. The second kappa shape index (κ2) is 8.70. The molecule has 1 fully saturated rings. The SMILES string of the molecule is CCC1(OCCOCCO)CCN(C(=O)OC(C)(C)C)CC1. The minimum Gasteiger partial charge on any atom is -0.444 e. The van der Waals surface area contributed by atoms with Gasteiger partial charge in [-0.1, -0.05) is 6.92 Å². The number of aliphatic hydroxyl groups is 1. The molecule has 6 nitrogen and oxygen atoms in total. The van der Waals surface area contributed by atoms with Gasteiger partial charge in [-0.05, 0) is 40.0 Å². The molecule has 1 heterocycles. The molecule has 22 heavy (non-hydrogen) atoms. The number of hydrogen-bond acceptors (Lipinski definition) is 5. The zero-order chi connectivity index (χ0) is 16.6. The van der Waals surface area contributed by atoms with E-state index in [1.165, 1.54) is 0 Å². The van der Waals surface area contributed by atoms with Gasteiger partial charge in [0.25, 0.3) is 0 Å². The molecule has 0 unspecified atom stereocenters. The van der Waals surface area contributed by atoms with Crippen molar-refractivity contribution in [1.29, 1.82) is 0 Å². The van der Waals surface area contributed by atoms with Crippen molar-refractivity contribution in [3.63, 3.8) is 0 Å². The van der Waals surface area contributed by atoms with Crippen LogP contribution < -0.4 is 0 Å². The Labute approximate surface area is 133 Å². The summed E-state index contributed by atoms with van der Waals surface area (Å²) in [6, 6.07) is 0. The Morgan fingerprint density at radius 2 is 1.82 bits per heavy atom. The summed E-state index contributed by atoms with van der Waals surface area (Å²) in [5, 5.41) is 8.66. The summed E-state index contributed by atoms with van der Waals surface area (Å²) < 4.78 is 16.6. The third-order valence-corrected chi connectivity index (χ3v) is 3.84. The Hall–Kier alpha value is -0.850. The molecule has 0 radical (unpaired) electrons. The Balaban J connectivity index is 2.38. The van der Waals surface area contributed by atoms with Crippen LogP contribution in [0.1, 0.15) is 47.0 Å². The third-order valence-electron chi connectivity index (χ3n) is 3.84. The third kappa shape index (κ3) is 6.50. The lowest BCUT2D eigenvalue weighted by Crippen LogP contribution is -2.49. The fourth-order valence-electron chi connectivity index (χ4n) is 2.51. The highest BCUT2D eigenvalue weighted by atomic mass is 16.6. The van der Waals surface area contributed by atoms with Crippen LogP contribution in [0.4, 0.5) is 4.79 Å². The number of carbonyl (C=O) groups excluding carboxylic acids is 1. The molecule has 1 aliphatic heterocycles. The maximum absolute atomic E-state index is 12.1. The van der Waals surface area contributed by atoms with Crippen molar-refractivity contribution < 1.29 is 24.1 Å². The molecule has 1 aliphatic rings. The average Bonchev–Trinajstić information content (AvgIpc) is 2.46. The fraction of sp³-hybridized carbons (Fsp3) is 0.938. The largest absolute Gasteiger partial charge is 0.444 e. The lowest BCUT2D eigenvalue weighted by Gasteiger charge is -2.41. The molecule has 0 saturated carbocycles. The van der Waals surface area contributed by atoms with E-state index in [-0.39, 0.29) is 18.3 Å². The van der Waals surface area contributed by atoms with Gasteiger partial charge in [0.1, 0.15) is 5.60 Å². The van der Waals surface area contributed by atoms with Gasteiger partial charge in [0.15, 0.2) is 0 Å². The maximum atomic E-state index is 12.1. The van der Waals surface area contributed by atoms with E-state index >= 15 is 0 Å². The molecular weight excluding hydrogens is 286 g/mol. The maximum Gasteiger partial charge on any atom is 0.410 e. The van der Waals surface area contributed by atoms with Gasteiger partial charge in [-0.25, -0.2) is 4.79 Å². The number of hydrogen-bond donors (Lipinski definition) is 1. The molecule has 0 aromatic heterocycles. The van der Waals surface area contributed by atoms with Crippen LogP contribution >= 0.6 is 0 Å². The summed E-state index contributed by atoms with van der Waals surface area (Å²) >= 11 is 0. The summed E-state index contributed by atoms with van der Waals surface area (Å²) in [6.07, 6.45) is 2.28. The average molecular weight is 317 g/mol. The number of likely N-dealkylation sites (tertiary alicyclic amines) is 1. The van der Waals surface area contributed by atoms with E-state index in [0.29, 0.717) is 32.9 Å². The van der Waals surface area contributed by atoms with Gasteiger partial charge in [0.2, 0.25) is 0 Å². The lowest BCUT2D eigenvalue weighted by atomic mass is 9.88. The van der Waals surface area contributed by atoms with Crippen LogP contribution in [0.2, 0.25) is 0 Å². The Bertz CT molecular complexity index is 332. The van der Waals surface area contributed by atoms with Crippen LogP contribution in [-0.2, 0) is 14.2 Å². The molecule has 1 N–H and O–H groups in total. The first-order valence-corrected chi connectivity index (χ1v) is 8.12. The number of piperidine rings is 1. The van der Waals surface area contributed by atoms with Crippen LogP contribution in [-0.4, -0.2) is 66.8 Å². The highest BCUT2D eigenvalue weighted by Gasteiger charge is 2.36.